The first-order chi connectivity index (χ1) is 9.74. The fourth-order valence-corrected chi connectivity index (χ4v) is 3.25. The van der Waals surface area contributed by atoms with E-state index >= 15 is 0 Å². The van der Waals surface area contributed by atoms with Crippen LogP contribution in [0.3, 0.4) is 0 Å². The lowest BCUT2D eigenvalue weighted by Gasteiger charge is -2.41. The van der Waals surface area contributed by atoms with Crippen LogP contribution in [0.2, 0.25) is 0 Å². The van der Waals surface area contributed by atoms with Gasteiger partial charge in [0, 0.05) is 45.4 Å². The Kier molecular flexibility index (Phi) is 4.22. The van der Waals surface area contributed by atoms with Crippen molar-refractivity contribution in [3.63, 3.8) is 0 Å². The van der Waals surface area contributed by atoms with Crippen LogP contribution in [0, 0.1) is 12.7 Å². The van der Waals surface area contributed by atoms with Crippen LogP contribution in [-0.2, 0) is 4.74 Å². The van der Waals surface area contributed by atoms with E-state index in [0.29, 0.717) is 6.04 Å². The molecule has 20 heavy (non-hydrogen) atoms. The summed E-state index contributed by atoms with van der Waals surface area (Å²) in [5, 5.41) is 0. The molecule has 0 unspecified atom stereocenters. The molecule has 2 aliphatic rings. The molecule has 0 amide bonds. The molecule has 0 aromatic heterocycles. The molecule has 3 rings (SSSR count). The van der Waals surface area contributed by atoms with Crippen molar-refractivity contribution >= 4 is 5.69 Å². The van der Waals surface area contributed by atoms with E-state index in [4.69, 9.17) is 4.74 Å². The number of hydrogen-bond donors (Lipinski definition) is 0. The van der Waals surface area contributed by atoms with Crippen molar-refractivity contribution in [3.05, 3.63) is 29.6 Å². The van der Waals surface area contributed by atoms with Crippen molar-refractivity contribution in [3.8, 4) is 0 Å². The summed E-state index contributed by atoms with van der Waals surface area (Å²) in [7, 11) is 0. The second kappa shape index (κ2) is 6.10. The van der Waals surface area contributed by atoms with Crippen LogP contribution in [0.25, 0.3) is 0 Å². The lowest BCUT2D eigenvalue weighted by molar-refractivity contribution is 0.0321. The van der Waals surface area contributed by atoms with Gasteiger partial charge in [0.25, 0.3) is 0 Å². The average Bonchev–Trinajstić information content (AvgIpc) is 2.48. The van der Waals surface area contributed by atoms with Gasteiger partial charge < -0.3 is 9.64 Å². The Hall–Kier alpha value is -1.13. The van der Waals surface area contributed by atoms with E-state index in [1.807, 2.05) is 19.1 Å². The van der Waals surface area contributed by atoms with E-state index in [1.165, 1.54) is 0 Å². The summed E-state index contributed by atoms with van der Waals surface area (Å²) in [6, 6.07) is 6.19. The molecule has 0 saturated carbocycles. The zero-order chi connectivity index (χ0) is 13.9. The molecule has 2 aliphatic heterocycles. The minimum atomic E-state index is -0.0930. The Labute approximate surface area is 120 Å². The molecule has 0 bridgehead atoms. The fraction of sp³-hybridized carbons (Fsp3) is 0.625. The highest BCUT2D eigenvalue weighted by atomic mass is 19.1. The monoisotopic (exact) mass is 278 g/mol. The minimum Gasteiger partial charge on any atom is -0.381 e. The third-order valence-electron chi connectivity index (χ3n) is 4.47. The highest BCUT2D eigenvalue weighted by molar-refractivity contribution is 5.49. The Morgan fingerprint density at radius 3 is 2.45 bits per heavy atom. The first-order valence-electron chi connectivity index (χ1n) is 7.57. The van der Waals surface area contributed by atoms with Gasteiger partial charge in [0.15, 0.2) is 0 Å². The van der Waals surface area contributed by atoms with Crippen LogP contribution in [0.5, 0.6) is 0 Å². The summed E-state index contributed by atoms with van der Waals surface area (Å²) >= 11 is 0. The SMILES string of the molecule is Cc1ccc(N2CCN(C3CCOCC3)CC2)c(F)c1. The molecule has 0 radical (unpaired) electrons. The van der Waals surface area contributed by atoms with Crippen LogP contribution >= 0.6 is 0 Å². The van der Waals surface area contributed by atoms with Crippen LogP contribution in [0.4, 0.5) is 10.1 Å². The summed E-state index contributed by atoms with van der Waals surface area (Å²) in [6.07, 6.45) is 2.28. The molecule has 2 fully saturated rings. The summed E-state index contributed by atoms with van der Waals surface area (Å²) in [4.78, 5) is 4.72. The second-order valence-electron chi connectivity index (χ2n) is 5.82. The van der Waals surface area contributed by atoms with E-state index in [0.717, 1.165) is 63.5 Å². The van der Waals surface area contributed by atoms with Gasteiger partial charge in [-0.15, -0.1) is 0 Å². The Bertz CT molecular complexity index is 452. The number of aryl methyl sites for hydroxylation is 1. The molecule has 3 nitrogen and oxygen atoms in total. The van der Waals surface area contributed by atoms with Crippen molar-refractivity contribution in [2.45, 2.75) is 25.8 Å². The van der Waals surface area contributed by atoms with Crippen LogP contribution in [-0.4, -0.2) is 50.3 Å². The van der Waals surface area contributed by atoms with E-state index in [9.17, 15) is 4.39 Å². The molecule has 1 aromatic carbocycles. The van der Waals surface area contributed by atoms with Crippen molar-refractivity contribution in [2.24, 2.45) is 0 Å². The van der Waals surface area contributed by atoms with Crippen molar-refractivity contribution in [2.75, 3.05) is 44.3 Å². The molecule has 1 aromatic rings. The standard InChI is InChI=1S/C16H23FN2O/c1-13-2-3-16(15(17)12-13)19-8-6-18(7-9-19)14-4-10-20-11-5-14/h2-3,12,14H,4-11H2,1H3. The molecule has 0 spiro atoms. The van der Waals surface area contributed by atoms with Gasteiger partial charge in [0.2, 0.25) is 0 Å². The first kappa shape index (κ1) is 13.8. The average molecular weight is 278 g/mol. The summed E-state index contributed by atoms with van der Waals surface area (Å²) in [5.74, 6) is -0.0930. The molecule has 2 saturated heterocycles. The van der Waals surface area contributed by atoms with E-state index in [2.05, 4.69) is 9.80 Å². The number of rotatable bonds is 2. The van der Waals surface area contributed by atoms with E-state index in [-0.39, 0.29) is 5.82 Å². The molecule has 0 atom stereocenters. The summed E-state index contributed by atoms with van der Waals surface area (Å²) in [5.41, 5.74) is 1.73. The quantitative estimate of drug-likeness (QED) is 0.826. The highest BCUT2D eigenvalue weighted by Gasteiger charge is 2.26. The minimum absolute atomic E-state index is 0.0930. The number of hydrogen-bond acceptors (Lipinski definition) is 3. The predicted octanol–water partition coefficient (Wildman–Crippen LogP) is 2.44. The Morgan fingerprint density at radius 1 is 1.10 bits per heavy atom. The molecule has 0 aliphatic carbocycles. The topological polar surface area (TPSA) is 15.7 Å². The highest BCUT2D eigenvalue weighted by Crippen LogP contribution is 2.23. The molecule has 110 valence electrons. The van der Waals surface area contributed by atoms with Crippen molar-refractivity contribution in [1.82, 2.24) is 4.90 Å². The summed E-state index contributed by atoms with van der Waals surface area (Å²) < 4.78 is 19.4. The van der Waals surface area contributed by atoms with Gasteiger partial charge in [-0.3, -0.25) is 4.90 Å². The maximum atomic E-state index is 14.0. The number of anilines is 1. The van der Waals surface area contributed by atoms with Crippen LogP contribution in [0.1, 0.15) is 18.4 Å². The Balaban J connectivity index is 1.60. The molecule has 0 N–H and O–H groups in total. The smallest absolute Gasteiger partial charge is 0.146 e. The van der Waals surface area contributed by atoms with Crippen LogP contribution in [0.15, 0.2) is 18.2 Å². The van der Waals surface area contributed by atoms with Gasteiger partial charge >= 0.3 is 0 Å². The normalized spacial score (nSPS) is 22.2. The third kappa shape index (κ3) is 2.96. The van der Waals surface area contributed by atoms with Gasteiger partial charge in [0.1, 0.15) is 5.82 Å². The predicted molar refractivity (Wildman–Crippen MR) is 78.8 cm³/mol. The van der Waals surface area contributed by atoms with Crippen molar-refractivity contribution < 1.29 is 9.13 Å². The van der Waals surface area contributed by atoms with Gasteiger partial charge in [-0.2, -0.15) is 0 Å². The number of halogens is 1. The zero-order valence-corrected chi connectivity index (χ0v) is 12.1. The van der Waals surface area contributed by atoms with E-state index in [1.54, 1.807) is 6.07 Å². The Morgan fingerprint density at radius 2 is 1.80 bits per heavy atom. The fourth-order valence-electron chi connectivity index (χ4n) is 3.25. The maximum absolute atomic E-state index is 14.0. The zero-order valence-electron chi connectivity index (χ0n) is 12.1. The largest absolute Gasteiger partial charge is 0.381 e. The molecular formula is C16H23FN2O. The van der Waals surface area contributed by atoms with Gasteiger partial charge in [-0.1, -0.05) is 6.07 Å². The number of nitrogens with zero attached hydrogens (tertiary/aromatic N) is 2. The van der Waals surface area contributed by atoms with E-state index < -0.39 is 0 Å². The molecule has 2 heterocycles. The second-order valence-corrected chi connectivity index (χ2v) is 5.82. The van der Waals surface area contributed by atoms with Crippen LogP contribution < -0.4 is 4.90 Å². The van der Waals surface area contributed by atoms with Gasteiger partial charge in [-0.05, 0) is 37.5 Å². The number of piperazine rings is 1. The van der Waals surface area contributed by atoms with Gasteiger partial charge in [0.05, 0.1) is 5.69 Å². The molecule has 4 heteroatoms. The summed E-state index contributed by atoms with van der Waals surface area (Å²) in [6.45, 7) is 7.58. The maximum Gasteiger partial charge on any atom is 0.146 e. The van der Waals surface area contributed by atoms with Crippen molar-refractivity contribution in [1.29, 1.82) is 0 Å². The van der Waals surface area contributed by atoms with Gasteiger partial charge in [-0.25, -0.2) is 4.39 Å². The number of ether oxygens (including phenoxy) is 1. The first-order valence-corrected chi connectivity index (χ1v) is 7.57. The lowest BCUT2D eigenvalue weighted by Crippen LogP contribution is -2.51. The lowest BCUT2D eigenvalue weighted by atomic mass is 10.1. The number of benzene rings is 1. The molecular weight excluding hydrogens is 255 g/mol. The third-order valence-corrected chi connectivity index (χ3v) is 4.47.